The van der Waals surface area contributed by atoms with E-state index in [1.807, 2.05) is 11.8 Å². The van der Waals surface area contributed by atoms with Crippen molar-refractivity contribution in [2.75, 3.05) is 31.3 Å². The summed E-state index contributed by atoms with van der Waals surface area (Å²) < 4.78 is 7.16. The van der Waals surface area contributed by atoms with Gasteiger partial charge in [0.15, 0.2) is 0 Å². The first-order chi connectivity index (χ1) is 9.56. The van der Waals surface area contributed by atoms with E-state index in [0.29, 0.717) is 17.6 Å². The third kappa shape index (κ3) is 3.77. The number of anilines is 1. The van der Waals surface area contributed by atoms with Gasteiger partial charge >= 0.3 is 0 Å². The molecule has 0 aromatic carbocycles. The average Bonchev–Trinajstić information content (AvgIpc) is 2.87. The molecule has 2 rings (SSSR count). The van der Waals surface area contributed by atoms with Crippen LogP contribution in [0.15, 0.2) is 15.5 Å². The monoisotopic (exact) mass is 361 g/mol. The molecule has 1 aliphatic heterocycles. The summed E-state index contributed by atoms with van der Waals surface area (Å²) >= 11 is 5.36. The number of ether oxygens (including phenoxy) is 1. The Morgan fingerprint density at radius 1 is 1.65 bits per heavy atom. The van der Waals surface area contributed by atoms with Crippen LogP contribution in [0.4, 0.5) is 5.69 Å². The van der Waals surface area contributed by atoms with Crippen LogP contribution in [0, 0.1) is 0 Å². The van der Waals surface area contributed by atoms with Crippen LogP contribution in [-0.2, 0) is 11.3 Å². The van der Waals surface area contributed by atoms with Crippen molar-refractivity contribution in [2.24, 2.45) is 0 Å². The normalized spacial score (nSPS) is 22.1. The molecule has 1 atom stereocenters. The Bertz CT molecular complexity index is 515. The van der Waals surface area contributed by atoms with Gasteiger partial charge in [0.1, 0.15) is 4.47 Å². The lowest BCUT2D eigenvalue weighted by atomic mass is 10.1. The van der Waals surface area contributed by atoms with E-state index in [4.69, 9.17) is 4.74 Å². The van der Waals surface area contributed by atoms with Crippen molar-refractivity contribution in [3.8, 4) is 0 Å². The van der Waals surface area contributed by atoms with E-state index < -0.39 is 0 Å². The highest BCUT2D eigenvalue weighted by molar-refractivity contribution is 9.10. The van der Waals surface area contributed by atoms with Gasteiger partial charge in [-0.3, -0.25) is 4.79 Å². The van der Waals surface area contributed by atoms with E-state index in [-0.39, 0.29) is 10.3 Å². The lowest BCUT2D eigenvalue weighted by Crippen LogP contribution is -2.30. The largest absolute Gasteiger partial charge is 0.383 e. The number of thioether (sulfide) groups is 1. The van der Waals surface area contributed by atoms with Gasteiger partial charge in [-0.25, -0.2) is 4.68 Å². The summed E-state index contributed by atoms with van der Waals surface area (Å²) in [6.07, 6.45) is 4.17. The molecule has 1 unspecified atom stereocenters. The fraction of sp³-hybridized carbons (Fsp3) is 0.692. The van der Waals surface area contributed by atoms with E-state index in [1.54, 1.807) is 13.3 Å². The maximum Gasteiger partial charge on any atom is 0.283 e. The molecule has 0 radical (unpaired) electrons. The van der Waals surface area contributed by atoms with Crippen LogP contribution in [0.2, 0.25) is 0 Å². The van der Waals surface area contributed by atoms with Crippen molar-refractivity contribution in [2.45, 2.75) is 31.1 Å². The van der Waals surface area contributed by atoms with Crippen molar-refractivity contribution < 1.29 is 4.74 Å². The zero-order valence-corrected chi connectivity index (χ0v) is 14.2. The third-order valence-corrected chi connectivity index (χ3v) is 5.75. The van der Waals surface area contributed by atoms with Gasteiger partial charge in [-0.1, -0.05) is 0 Å². The third-order valence-electron chi connectivity index (χ3n) is 3.45. The molecule has 7 heteroatoms. The molecule has 1 saturated heterocycles. The molecule has 1 aromatic rings. The molecule has 0 amide bonds. The zero-order chi connectivity index (χ0) is 14.6. The molecular weight excluding hydrogens is 342 g/mol. The fourth-order valence-electron chi connectivity index (χ4n) is 2.18. The molecule has 0 bridgehead atoms. The number of methoxy groups -OCH3 is 1. The molecule has 2 heterocycles. The van der Waals surface area contributed by atoms with Crippen molar-refractivity contribution in [3.63, 3.8) is 0 Å². The molecule has 1 aliphatic rings. The van der Waals surface area contributed by atoms with Crippen LogP contribution < -0.4 is 10.9 Å². The smallest absolute Gasteiger partial charge is 0.283 e. The molecule has 0 saturated carbocycles. The number of nitrogens with one attached hydrogen (secondary N) is 1. The Kier molecular flexibility index (Phi) is 5.51. The van der Waals surface area contributed by atoms with Gasteiger partial charge in [0.25, 0.3) is 5.56 Å². The van der Waals surface area contributed by atoms with Crippen LogP contribution in [0.5, 0.6) is 0 Å². The summed E-state index contributed by atoms with van der Waals surface area (Å²) in [6, 6.07) is 0. The van der Waals surface area contributed by atoms with Gasteiger partial charge in [-0.2, -0.15) is 16.9 Å². The maximum absolute atomic E-state index is 12.1. The minimum atomic E-state index is -0.128. The summed E-state index contributed by atoms with van der Waals surface area (Å²) in [7, 11) is 1.61. The van der Waals surface area contributed by atoms with Gasteiger partial charge in [0.2, 0.25) is 0 Å². The Balaban J connectivity index is 2.05. The zero-order valence-electron chi connectivity index (χ0n) is 11.8. The Morgan fingerprint density at radius 3 is 3.10 bits per heavy atom. The lowest BCUT2D eigenvalue weighted by molar-refractivity contribution is 0.181. The second kappa shape index (κ2) is 6.95. The van der Waals surface area contributed by atoms with E-state index in [2.05, 4.69) is 33.3 Å². The van der Waals surface area contributed by atoms with Crippen LogP contribution >= 0.6 is 27.7 Å². The van der Waals surface area contributed by atoms with Crippen molar-refractivity contribution in [1.29, 1.82) is 0 Å². The van der Waals surface area contributed by atoms with Crippen molar-refractivity contribution in [3.05, 3.63) is 21.0 Å². The highest BCUT2D eigenvalue weighted by atomic mass is 79.9. The van der Waals surface area contributed by atoms with E-state index in [0.717, 1.165) is 12.2 Å². The number of rotatable bonds is 6. The molecule has 0 spiro atoms. The highest BCUT2D eigenvalue weighted by Crippen LogP contribution is 2.37. The molecule has 5 nitrogen and oxygen atoms in total. The predicted octanol–water partition coefficient (Wildman–Crippen LogP) is 2.35. The van der Waals surface area contributed by atoms with Gasteiger partial charge in [0.05, 0.1) is 25.0 Å². The summed E-state index contributed by atoms with van der Waals surface area (Å²) in [5, 5.41) is 7.51. The summed E-state index contributed by atoms with van der Waals surface area (Å²) in [5.41, 5.74) is 0.633. The topological polar surface area (TPSA) is 56.1 Å². The van der Waals surface area contributed by atoms with Crippen molar-refractivity contribution >= 4 is 33.4 Å². The van der Waals surface area contributed by atoms with Crippen LogP contribution in [0.1, 0.15) is 19.8 Å². The van der Waals surface area contributed by atoms with Crippen LogP contribution in [-0.4, -0.2) is 40.5 Å². The Labute approximate surface area is 131 Å². The van der Waals surface area contributed by atoms with E-state index in [1.165, 1.54) is 23.3 Å². The van der Waals surface area contributed by atoms with Gasteiger partial charge in [0, 0.05) is 18.4 Å². The van der Waals surface area contributed by atoms with Crippen LogP contribution in [0.3, 0.4) is 0 Å². The number of nitrogens with zero attached hydrogens (tertiary/aromatic N) is 2. The standard InChI is InChI=1S/C13H20BrN3O2S/c1-13(4-3-7-20-13)9-15-10-8-16-17(5-6-19-2)12(18)11(10)14/h8,15H,3-7,9H2,1-2H3. The summed E-state index contributed by atoms with van der Waals surface area (Å²) in [6.45, 7) is 4.04. The quantitative estimate of drug-likeness (QED) is 0.842. The highest BCUT2D eigenvalue weighted by Gasteiger charge is 2.29. The molecule has 1 fully saturated rings. The second-order valence-corrected chi connectivity index (χ2v) is 7.62. The lowest BCUT2D eigenvalue weighted by Gasteiger charge is -2.23. The number of aromatic nitrogens is 2. The minimum Gasteiger partial charge on any atom is -0.383 e. The molecule has 112 valence electrons. The fourth-order valence-corrected chi connectivity index (χ4v) is 3.88. The number of hydrogen-bond acceptors (Lipinski definition) is 5. The first-order valence-electron chi connectivity index (χ1n) is 6.68. The van der Waals surface area contributed by atoms with Crippen molar-refractivity contribution in [1.82, 2.24) is 9.78 Å². The Morgan fingerprint density at radius 2 is 2.45 bits per heavy atom. The minimum absolute atomic E-state index is 0.128. The number of hydrogen-bond donors (Lipinski definition) is 1. The first-order valence-corrected chi connectivity index (χ1v) is 8.46. The summed E-state index contributed by atoms with van der Waals surface area (Å²) in [4.78, 5) is 12.1. The van der Waals surface area contributed by atoms with Crippen LogP contribution in [0.25, 0.3) is 0 Å². The number of halogens is 1. The molecular formula is C13H20BrN3O2S. The molecule has 1 aromatic heterocycles. The van der Waals surface area contributed by atoms with Gasteiger partial charge in [-0.05, 0) is 41.4 Å². The summed E-state index contributed by atoms with van der Waals surface area (Å²) in [5.74, 6) is 1.22. The second-order valence-electron chi connectivity index (χ2n) is 5.15. The predicted molar refractivity (Wildman–Crippen MR) is 86.7 cm³/mol. The van der Waals surface area contributed by atoms with Gasteiger partial charge < -0.3 is 10.1 Å². The van der Waals surface area contributed by atoms with E-state index >= 15 is 0 Å². The Hall–Kier alpha value is -0.530. The molecule has 1 N–H and O–H groups in total. The molecule has 20 heavy (non-hydrogen) atoms. The SMILES string of the molecule is COCCn1ncc(NCC2(C)CCCS2)c(Br)c1=O. The average molecular weight is 362 g/mol. The first kappa shape index (κ1) is 15.9. The molecule has 0 aliphatic carbocycles. The van der Waals surface area contributed by atoms with E-state index in [9.17, 15) is 4.79 Å². The van der Waals surface area contributed by atoms with Gasteiger partial charge in [-0.15, -0.1) is 0 Å². The maximum atomic E-state index is 12.1.